The molecule has 1 N–H and O–H groups in total. The molecule has 0 radical (unpaired) electrons. The Balaban J connectivity index is 1.71. The Kier molecular flexibility index (Phi) is 6.15. The van der Waals surface area contributed by atoms with Gasteiger partial charge in [-0.25, -0.2) is 4.98 Å². The van der Waals surface area contributed by atoms with Crippen LogP contribution in [-0.4, -0.2) is 52.2 Å². The molecule has 0 bridgehead atoms. The highest BCUT2D eigenvalue weighted by molar-refractivity contribution is 7.99. The number of hydrogen-bond donors (Lipinski definition) is 1. The Morgan fingerprint density at radius 3 is 2.78 bits per heavy atom. The maximum absolute atomic E-state index is 12.8. The zero-order valence-electron chi connectivity index (χ0n) is 15.6. The number of amides is 2. The van der Waals surface area contributed by atoms with Gasteiger partial charge in [0.05, 0.1) is 23.2 Å². The van der Waals surface area contributed by atoms with Crippen molar-refractivity contribution in [1.29, 1.82) is 0 Å². The van der Waals surface area contributed by atoms with Crippen LogP contribution in [0.4, 0.5) is 0 Å². The van der Waals surface area contributed by atoms with Crippen LogP contribution in [0.15, 0.2) is 34.2 Å². The predicted octanol–water partition coefficient (Wildman–Crippen LogP) is 1.81. The lowest BCUT2D eigenvalue weighted by Gasteiger charge is -2.17. The molecular weight excluding hydrogens is 364 g/mol. The molecule has 1 saturated carbocycles. The average molecular weight is 388 g/mol. The van der Waals surface area contributed by atoms with Gasteiger partial charge >= 0.3 is 0 Å². The van der Waals surface area contributed by atoms with E-state index in [4.69, 9.17) is 0 Å². The third kappa shape index (κ3) is 4.68. The normalized spacial score (nSPS) is 13.6. The first-order chi connectivity index (χ1) is 13.0. The number of thioether (sulfide) groups is 1. The van der Waals surface area contributed by atoms with Crippen LogP contribution in [0.25, 0.3) is 10.9 Å². The molecule has 0 unspecified atom stereocenters. The highest BCUT2D eigenvalue weighted by Gasteiger charge is 2.29. The minimum absolute atomic E-state index is 0.0278. The van der Waals surface area contributed by atoms with Crippen LogP contribution in [0.5, 0.6) is 0 Å². The van der Waals surface area contributed by atoms with Gasteiger partial charge in [0.1, 0.15) is 0 Å². The van der Waals surface area contributed by atoms with Crippen LogP contribution >= 0.6 is 11.8 Å². The van der Waals surface area contributed by atoms with Gasteiger partial charge in [-0.05, 0) is 31.4 Å². The number of benzene rings is 1. The SMILES string of the molecule is CCCNC(=O)CN(C)C(=O)CSc1nc2ccccc2c(=O)n1C1CC1. The van der Waals surface area contributed by atoms with Gasteiger partial charge in [0.2, 0.25) is 11.8 Å². The number of rotatable bonds is 8. The van der Waals surface area contributed by atoms with E-state index in [-0.39, 0.29) is 35.7 Å². The predicted molar refractivity (Wildman–Crippen MR) is 106 cm³/mol. The number of para-hydroxylation sites is 1. The fourth-order valence-corrected chi connectivity index (χ4v) is 3.75. The van der Waals surface area contributed by atoms with E-state index in [2.05, 4.69) is 10.3 Å². The third-order valence-electron chi connectivity index (χ3n) is 4.39. The van der Waals surface area contributed by atoms with E-state index in [0.717, 1.165) is 19.3 Å². The zero-order valence-corrected chi connectivity index (χ0v) is 16.4. The summed E-state index contributed by atoms with van der Waals surface area (Å²) in [5, 5.41) is 3.92. The molecule has 1 aromatic heterocycles. The number of nitrogens with one attached hydrogen (secondary N) is 1. The summed E-state index contributed by atoms with van der Waals surface area (Å²) in [5.41, 5.74) is 0.590. The van der Waals surface area contributed by atoms with Crippen molar-refractivity contribution in [2.45, 2.75) is 37.4 Å². The minimum Gasteiger partial charge on any atom is -0.355 e. The molecular formula is C19H24N4O3S. The molecule has 7 nitrogen and oxygen atoms in total. The molecule has 27 heavy (non-hydrogen) atoms. The Morgan fingerprint density at radius 2 is 2.07 bits per heavy atom. The first kappa shape index (κ1) is 19.4. The smallest absolute Gasteiger partial charge is 0.262 e. The maximum Gasteiger partial charge on any atom is 0.262 e. The van der Waals surface area contributed by atoms with Crippen molar-refractivity contribution in [2.75, 3.05) is 25.9 Å². The molecule has 3 rings (SSSR count). The van der Waals surface area contributed by atoms with E-state index in [1.54, 1.807) is 17.7 Å². The summed E-state index contributed by atoms with van der Waals surface area (Å²) in [6, 6.07) is 7.44. The molecule has 8 heteroatoms. The van der Waals surface area contributed by atoms with Crippen molar-refractivity contribution in [3.8, 4) is 0 Å². The molecule has 0 spiro atoms. The highest BCUT2D eigenvalue weighted by atomic mass is 32.2. The van der Waals surface area contributed by atoms with E-state index in [1.807, 2.05) is 25.1 Å². The van der Waals surface area contributed by atoms with Gasteiger partial charge in [-0.3, -0.25) is 19.0 Å². The summed E-state index contributed by atoms with van der Waals surface area (Å²) < 4.78 is 1.72. The van der Waals surface area contributed by atoms with Crippen LogP contribution in [-0.2, 0) is 9.59 Å². The van der Waals surface area contributed by atoms with Crippen LogP contribution in [0.3, 0.4) is 0 Å². The molecule has 1 aromatic carbocycles. The second-order valence-electron chi connectivity index (χ2n) is 6.71. The summed E-state index contributed by atoms with van der Waals surface area (Å²) in [5.74, 6) is -0.206. The molecule has 2 aromatic rings. The second-order valence-corrected chi connectivity index (χ2v) is 7.65. The van der Waals surface area contributed by atoms with E-state index < -0.39 is 0 Å². The van der Waals surface area contributed by atoms with Crippen LogP contribution in [0.1, 0.15) is 32.2 Å². The van der Waals surface area contributed by atoms with Gasteiger partial charge < -0.3 is 10.2 Å². The number of likely N-dealkylation sites (N-methyl/N-ethyl adjacent to an activating group) is 1. The minimum atomic E-state index is -0.170. The van der Waals surface area contributed by atoms with Gasteiger partial charge in [0.25, 0.3) is 5.56 Å². The largest absolute Gasteiger partial charge is 0.355 e. The van der Waals surface area contributed by atoms with E-state index >= 15 is 0 Å². The van der Waals surface area contributed by atoms with E-state index in [1.165, 1.54) is 16.7 Å². The lowest BCUT2D eigenvalue weighted by Crippen LogP contribution is -2.39. The van der Waals surface area contributed by atoms with Crippen molar-refractivity contribution in [3.05, 3.63) is 34.6 Å². The average Bonchev–Trinajstić information content (AvgIpc) is 3.49. The third-order valence-corrected chi connectivity index (χ3v) is 5.33. The van der Waals surface area contributed by atoms with Crippen LogP contribution < -0.4 is 10.9 Å². The Morgan fingerprint density at radius 1 is 1.33 bits per heavy atom. The Hall–Kier alpha value is -2.35. The van der Waals surface area contributed by atoms with Gasteiger partial charge in [0.15, 0.2) is 5.16 Å². The van der Waals surface area contributed by atoms with Gasteiger partial charge in [-0.15, -0.1) is 0 Å². The van der Waals surface area contributed by atoms with Crippen LogP contribution in [0.2, 0.25) is 0 Å². The van der Waals surface area contributed by atoms with Gasteiger partial charge in [-0.2, -0.15) is 0 Å². The van der Waals surface area contributed by atoms with Crippen molar-refractivity contribution in [3.63, 3.8) is 0 Å². The first-order valence-electron chi connectivity index (χ1n) is 9.16. The topological polar surface area (TPSA) is 84.3 Å². The molecule has 1 fully saturated rings. The quantitative estimate of drug-likeness (QED) is 0.551. The highest BCUT2D eigenvalue weighted by Crippen LogP contribution is 2.36. The molecule has 144 valence electrons. The summed E-state index contributed by atoms with van der Waals surface area (Å²) in [7, 11) is 1.61. The molecule has 1 aliphatic carbocycles. The summed E-state index contributed by atoms with van der Waals surface area (Å²) >= 11 is 1.25. The molecule has 0 saturated heterocycles. The molecule has 0 atom stereocenters. The summed E-state index contributed by atoms with van der Waals surface area (Å²) in [6.07, 6.45) is 2.77. The van der Waals surface area contributed by atoms with Gasteiger partial charge in [-0.1, -0.05) is 30.8 Å². The lowest BCUT2D eigenvalue weighted by atomic mass is 10.2. The van der Waals surface area contributed by atoms with Crippen molar-refractivity contribution >= 4 is 34.5 Å². The molecule has 0 aliphatic heterocycles. The van der Waals surface area contributed by atoms with Crippen molar-refractivity contribution < 1.29 is 9.59 Å². The number of nitrogens with zero attached hydrogens (tertiary/aromatic N) is 3. The molecule has 1 heterocycles. The summed E-state index contributed by atoms with van der Waals surface area (Å²) in [6.45, 7) is 2.60. The monoisotopic (exact) mass is 388 g/mol. The Bertz CT molecular complexity index is 907. The molecule has 2 amide bonds. The summed E-state index contributed by atoms with van der Waals surface area (Å²) in [4.78, 5) is 43.0. The van der Waals surface area contributed by atoms with E-state index in [9.17, 15) is 14.4 Å². The number of carbonyl (C=O) groups excluding carboxylic acids is 2. The first-order valence-corrected chi connectivity index (χ1v) is 10.1. The van der Waals surface area contributed by atoms with E-state index in [0.29, 0.717) is 22.6 Å². The number of carbonyl (C=O) groups is 2. The number of fused-ring (bicyclic) bond motifs is 1. The lowest BCUT2D eigenvalue weighted by molar-refractivity contribution is -0.132. The van der Waals surface area contributed by atoms with Crippen molar-refractivity contribution in [2.24, 2.45) is 0 Å². The number of hydrogen-bond acceptors (Lipinski definition) is 5. The molecule has 1 aliphatic rings. The van der Waals surface area contributed by atoms with Gasteiger partial charge in [0, 0.05) is 19.6 Å². The second kappa shape index (κ2) is 8.56. The zero-order chi connectivity index (χ0) is 19.4. The fourth-order valence-electron chi connectivity index (χ4n) is 2.74. The number of aromatic nitrogens is 2. The fraction of sp³-hybridized carbons (Fsp3) is 0.474. The maximum atomic E-state index is 12.8. The Labute approximate surface area is 162 Å². The van der Waals surface area contributed by atoms with Crippen LogP contribution in [0, 0.1) is 0 Å². The standard InChI is InChI=1S/C19H24N4O3S/c1-3-10-20-16(24)11-22(2)17(25)12-27-19-21-15-7-5-4-6-14(15)18(26)23(19)13-8-9-13/h4-7,13H,3,8-12H2,1-2H3,(H,20,24). The van der Waals surface area contributed by atoms with Crippen molar-refractivity contribution in [1.82, 2.24) is 19.8 Å².